The van der Waals surface area contributed by atoms with Crippen molar-refractivity contribution in [2.75, 3.05) is 5.73 Å². The summed E-state index contributed by atoms with van der Waals surface area (Å²) in [6, 6.07) is 3.23. The Bertz CT molecular complexity index is 487. The molecule has 0 amide bonds. The number of nitrogen functional groups attached to an aromatic ring is 1. The van der Waals surface area contributed by atoms with E-state index in [0.717, 1.165) is 12.1 Å². The molecule has 2 aromatic rings. The van der Waals surface area contributed by atoms with Gasteiger partial charge in [-0.15, -0.1) is 0 Å². The van der Waals surface area contributed by atoms with Crippen LogP contribution in [0.1, 0.15) is 0 Å². The molecule has 3 nitrogen and oxygen atoms in total. The zero-order chi connectivity index (χ0) is 11.0. The Morgan fingerprint density at radius 1 is 1.13 bits per heavy atom. The van der Waals surface area contributed by atoms with Gasteiger partial charge in [-0.05, 0) is 12.1 Å². The molecule has 0 radical (unpaired) electrons. The van der Waals surface area contributed by atoms with Crippen molar-refractivity contribution in [2.24, 2.45) is 0 Å². The van der Waals surface area contributed by atoms with Gasteiger partial charge in [-0.1, -0.05) is 6.07 Å². The minimum Gasteiger partial charge on any atom is -0.380 e. The van der Waals surface area contributed by atoms with E-state index in [2.05, 4.69) is 10.2 Å². The zero-order valence-corrected chi connectivity index (χ0v) is 7.39. The van der Waals surface area contributed by atoms with Gasteiger partial charge in [-0.2, -0.15) is 5.10 Å². The number of aromatic amines is 1. The van der Waals surface area contributed by atoms with Crippen LogP contribution in [-0.2, 0) is 0 Å². The van der Waals surface area contributed by atoms with Gasteiger partial charge in [0.2, 0.25) is 0 Å². The number of halogens is 3. The molecule has 0 bridgehead atoms. The van der Waals surface area contributed by atoms with Crippen LogP contribution in [0, 0.1) is 17.5 Å². The van der Waals surface area contributed by atoms with E-state index in [1.54, 1.807) is 0 Å². The van der Waals surface area contributed by atoms with Gasteiger partial charge in [0.25, 0.3) is 0 Å². The number of nitrogens with one attached hydrogen (secondary N) is 1. The van der Waals surface area contributed by atoms with Gasteiger partial charge in [0, 0.05) is 0 Å². The first-order valence-corrected chi connectivity index (χ1v) is 4.05. The fraction of sp³-hybridized carbons (Fsp3) is 0. The van der Waals surface area contributed by atoms with Gasteiger partial charge < -0.3 is 5.73 Å². The first-order valence-electron chi connectivity index (χ1n) is 4.05. The average molecular weight is 213 g/mol. The van der Waals surface area contributed by atoms with E-state index in [4.69, 9.17) is 5.73 Å². The number of H-pyrrole nitrogens is 1. The van der Waals surface area contributed by atoms with Crippen LogP contribution in [0.2, 0.25) is 0 Å². The van der Waals surface area contributed by atoms with Gasteiger partial charge in [-0.3, -0.25) is 5.10 Å². The van der Waals surface area contributed by atoms with Crippen LogP contribution < -0.4 is 5.73 Å². The number of hydrogen-bond donors (Lipinski definition) is 2. The minimum absolute atomic E-state index is 0.386. The molecule has 0 spiro atoms. The van der Waals surface area contributed by atoms with Crippen molar-refractivity contribution in [3.8, 4) is 11.3 Å². The van der Waals surface area contributed by atoms with Crippen LogP contribution in [0.15, 0.2) is 18.2 Å². The van der Waals surface area contributed by atoms with Crippen molar-refractivity contribution in [3.63, 3.8) is 0 Å². The third-order valence-electron chi connectivity index (χ3n) is 1.95. The average Bonchev–Trinajstić information content (AvgIpc) is 2.49. The molecule has 0 aliphatic carbocycles. The Kier molecular flexibility index (Phi) is 2.11. The lowest BCUT2D eigenvalue weighted by Crippen LogP contribution is -1.92. The maximum absolute atomic E-state index is 13.3. The molecule has 15 heavy (non-hydrogen) atoms. The topological polar surface area (TPSA) is 54.7 Å². The largest absolute Gasteiger partial charge is 0.380 e. The molecule has 1 aromatic carbocycles. The molecular weight excluding hydrogens is 207 g/mol. The van der Waals surface area contributed by atoms with E-state index in [1.807, 2.05) is 0 Å². The van der Waals surface area contributed by atoms with Crippen molar-refractivity contribution in [1.29, 1.82) is 0 Å². The molecule has 3 N–H and O–H groups in total. The van der Waals surface area contributed by atoms with Crippen LogP contribution in [0.25, 0.3) is 11.3 Å². The second kappa shape index (κ2) is 3.30. The molecule has 0 saturated heterocycles. The molecule has 78 valence electrons. The summed E-state index contributed by atoms with van der Waals surface area (Å²) in [6.07, 6.45) is 0. The summed E-state index contributed by atoms with van der Waals surface area (Å²) in [5.41, 5.74) is 4.23. The summed E-state index contributed by atoms with van der Waals surface area (Å²) in [5, 5.41) is 5.46. The predicted octanol–water partition coefficient (Wildman–Crippen LogP) is 2.08. The van der Waals surface area contributed by atoms with Gasteiger partial charge in [0.15, 0.2) is 11.6 Å². The molecule has 6 heteroatoms. The number of aromatic nitrogens is 2. The number of nitrogens with two attached hydrogens (primary N) is 1. The molecule has 1 aromatic heterocycles. The Hall–Kier alpha value is -1.98. The van der Waals surface area contributed by atoms with Crippen molar-refractivity contribution in [2.45, 2.75) is 0 Å². The molecule has 0 aliphatic rings. The number of rotatable bonds is 1. The van der Waals surface area contributed by atoms with Crippen molar-refractivity contribution < 1.29 is 13.2 Å². The lowest BCUT2D eigenvalue weighted by Gasteiger charge is -2.01. The first-order chi connectivity index (χ1) is 7.11. The van der Waals surface area contributed by atoms with Gasteiger partial charge in [-0.25, -0.2) is 13.2 Å². The predicted molar refractivity (Wildman–Crippen MR) is 48.3 cm³/mol. The van der Waals surface area contributed by atoms with Crippen LogP contribution in [0.3, 0.4) is 0 Å². The Morgan fingerprint density at radius 2 is 1.73 bits per heavy atom. The third-order valence-corrected chi connectivity index (χ3v) is 1.95. The minimum atomic E-state index is -0.959. The van der Waals surface area contributed by atoms with Gasteiger partial charge in [0.1, 0.15) is 17.3 Å². The summed E-state index contributed by atoms with van der Waals surface area (Å²) < 4.78 is 39.7. The molecular formula is C9H6F3N3. The third kappa shape index (κ3) is 1.43. The molecule has 0 aliphatic heterocycles. The monoisotopic (exact) mass is 213 g/mol. The number of benzene rings is 1. The van der Waals surface area contributed by atoms with Crippen LogP contribution in [0.5, 0.6) is 0 Å². The Morgan fingerprint density at radius 3 is 2.20 bits per heavy atom. The molecule has 0 fully saturated rings. The highest BCUT2D eigenvalue weighted by molar-refractivity contribution is 5.64. The molecule has 0 atom stereocenters. The van der Waals surface area contributed by atoms with E-state index in [1.165, 1.54) is 6.07 Å². The highest BCUT2D eigenvalue weighted by Gasteiger charge is 2.19. The maximum atomic E-state index is 13.3. The van der Waals surface area contributed by atoms with E-state index in [9.17, 15) is 13.2 Å². The van der Waals surface area contributed by atoms with Crippen LogP contribution in [0.4, 0.5) is 19.0 Å². The molecule has 1 heterocycles. The number of nitrogens with zero attached hydrogens (tertiary/aromatic N) is 1. The molecule has 0 saturated carbocycles. The van der Waals surface area contributed by atoms with E-state index >= 15 is 0 Å². The number of hydrogen-bond acceptors (Lipinski definition) is 2. The van der Waals surface area contributed by atoms with Gasteiger partial charge in [0.05, 0.1) is 5.56 Å². The second-order valence-corrected chi connectivity index (χ2v) is 2.89. The summed E-state index contributed by atoms with van der Waals surface area (Å²) >= 11 is 0. The summed E-state index contributed by atoms with van der Waals surface area (Å²) in [6.45, 7) is 0. The summed E-state index contributed by atoms with van der Waals surface area (Å²) in [5.74, 6) is -3.14. The smallest absolute Gasteiger partial charge is 0.192 e. The van der Waals surface area contributed by atoms with Crippen LogP contribution >= 0.6 is 0 Å². The van der Waals surface area contributed by atoms with Crippen molar-refractivity contribution in [3.05, 3.63) is 35.7 Å². The highest BCUT2D eigenvalue weighted by atomic mass is 19.1. The lowest BCUT2D eigenvalue weighted by atomic mass is 10.1. The fourth-order valence-electron chi connectivity index (χ4n) is 1.24. The fourth-order valence-corrected chi connectivity index (χ4v) is 1.24. The van der Waals surface area contributed by atoms with E-state index in [0.29, 0.717) is 0 Å². The van der Waals surface area contributed by atoms with Crippen LogP contribution in [-0.4, -0.2) is 10.2 Å². The maximum Gasteiger partial charge on any atom is 0.192 e. The quantitative estimate of drug-likeness (QED) is 0.761. The number of anilines is 1. The van der Waals surface area contributed by atoms with Crippen molar-refractivity contribution in [1.82, 2.24) is 10.2 Å². The Labute approximate surface area is 82.7 Å². The summed E-state index contributed by atoms with van der Waals surface area (Å²) in [7, 11) is 0. The lowest BCUT2D eigenvalue weighted by molar-refractivity contribution is 0.582. The summed E-state index contributed by atoms with van der Waals surface area (Å²) in [4.78, 5) is 0. The standard InChI is InChI=1S/C9H6F3N3/c10-4-2-1-3-5(11)6(4)8-7(12)9(13)15-14-8/h1-3H,(H3,13,14,15). The first kappa shape index (κ1) is 9.57. The molecule has 2 rings (SSSR count). The van der Waals surface area contributed by atoms with Crippen molar-refractivity contribution >= 4 is 5.82 Å². The van der Waals surface area contributed by atoms with E-state index in [-0.39, 0.29) is 5.69 Å². The highest BCUT2D eigenvalue weighted by Crippen LogP contribution is 2.28. The van der Waals surface area contributed by atoms with Gasteiger partial charge >= 0.3 is 0 Å². The Balaban J connectivity index is 2.69. The zero-order valence-electron chi connectivity index (χ0n) is 7.39. The molecule has 0 unspecified atom stereocenters. The van der Waals surface area contributed by atoms with E-state index < -0.39 is 28.8 Å². The normalized spacial score (nSPS) is 10.6. The SMILES string of the molecule is Nc1n[nH]c(-c2c(F)cccc2F)c1F. The second-order valence-electron chi connectivity index (χ2n) is 2.89.